The molecule has 2 heterocycles. The van der Waals surface area contributed by atoms with Crippen molar-refractivity contribution in [1.29, 1.82) is 0 Å². The Morgan fingerprint density at radius 2 is 2.00 bits per heavy atom. The third-order valence-electron chi connectivity index (χ3n) is 5.46. The number of amides is 3. The first-order valence-electron chi connectivity index (χ1n) is 10.9. The van der Waals surface area contributed by atoms with Crippen molar-refractivity contribution in [2.24, 2.45) is 0 Å². The summed E-state index contributed by atoms with van der Waals surface area (Å²) in [6.45, 7) is 3.54. The molecule has 2 N–H and O–H groups in total. The number of pyridine rings is 1. The lowest BCUT2D eigenvalue weighted by molar-refractivity contribution is -0.127. The molecule has 8 heteroatoms. The van der Waals surface area contributed by atoms with E-state index in [4.69, 9.17) is 14.1 Å². The van der Waals surface area contributed by atoms with Crippen LogP contribution in [0, 0.1) is 0 Å². The molecule has 8 nitrogen and oxygen atoms in total. The molecule has 0 saturated carbocycles. The van der Waals surface area contributed by atoms with Gasteiger partial charge < -0.3 is 14.5 Å². The number of nitrogens with one attached hydrogen (secondary N) is 2. The number of fused-ring (bicyclic) bond motifs is 2. The van der Waals surface area contributed by atoms with Crippen LogP contribution in [0.25, 0.3) is 22.6 Å². The molecule has 0 radical (unpaired) electrons. The van der Waals surface area contributed by atoms with Crippen molar-refractivity contribution in [1.82, 2.24) is 15.6 Å². The number of rotatable bonds is 5. The SMILES string of the molecule is CCNC(=O)NC(=O)C(C)OC(=O)c1c2c(nc3ccccc13)/C(=C/c1ccco1)CCC2. The number of carbonyl (C=O) groups is 3. The highest BCUT2D eigenvalue weighted by molar-refractivity contribution is 6.07. The zero-order valence-electron chi connectivity index (χ0n) is 18.5. The van der Waals surface area contributed by atoms with Gasteiger partial charge in [0, 0.05) is 11.9 Å². The number of allylic oxidation sites excluding steroid dienone is 1. The summed E-state index contributed by atoms with van der Waals surface area (Å²) in [6.07, 6.45) is 4.71. The number of hydrogen-bond acceptors (Lipinski definition) is 6. The van der Waals surface area contributed by atoms with Crippen molar-refractivity contribution < 1.29 is 23.5 Å². The summed E-state index contributed by atoms with van der Waals surface area (Å²) in [5.74, 6) is -0.602. The van der Waals surface area contributed by atoms with Crippen molar-refractivity contribution in [2.75, 3.05) is 6.54 Å². The fourth-order valence-electron chi connectivity index (χ4n) is 3.94. The number of urea groups is 1. The van der Waals surface area contributed by atoms with Crippen LogP contribution in [-0.4, -0.2) is 35.5 Å². The Morgan fingerprint density at radius 3 is 2.76 bits per heavy atom. The van der Waals surface area contributed by atoms with Gasteiger partial charge in [0.25, 0.3) is 5.91 Å². The molecule has 0 bridgehead atoms. The Labute approximate surface area is 191 Å². The lowest BCUT2D eigenvalue weighted by Crippen LogP contribution is -2.44. The van der Waals surface area contributed by atoms with E-state index in [1.165, 1.54) is 6.92 Å². The van der Waals surface area contributed by atoms with Crippen LogP contribution in [0.1, 0.15) is 54.1 Å². The number of imide groups is 1. The van der Waals surface area contributed by atoms with E-state index in [-0.39, 0.29) is 0 Å². The van der Waals surface area contributed by atoms with E-state index in [9.17, 15) is 14.4 Å². The molecule has 4 rings (SSSR count). The number of para-hydroxylation sites is 1. The molecular weight excluding hydrogens is 422 g/mol. The monoisotopic (exact) mass is 447 g/mol. The highest BCUT2D eigenvalue weighted by Crippen LogP contribution is 2.36. The number of furan rings is 1. The van der Waals surface area contributed by atoms with Crippen molar-refractivity contribution >= 4 is 40.5 Å². The quantitative estimate of drug-likeness (QED) is 0.570. The summed E-state index contributed by atoms with van der Waals surface area (Å²) < 4.78 is 11.0. The summed E-state index contributed by atoms with van der Waals surface area (Å²) in [5.41, 5.74) is 3.57. The summed E-state index contributed by atoms with van der Waals surface area (Å²) in [7, 11) is 0. The Hall–Kier alpha value is -3.94. The van der Waals surface area contributed by atoms with E-state index < -0.39 is 24.0 Å². The van der Waals surface area contributed by atoms with Crippen LogP contribution in [0.4, 0.5) is 4.79 Å². The van der Waals surface area contributed by atoms with Gasteiger partial charge in [0.05, 0.1) is 23.0 Å². The van der Waals surface area contributed by atoms with Crippen LogP contribution in [0.5, 0.6) is 0 Å². The molecule has 3 aromatic rings. The van der Waals surface area contributed by atoms with E-state index in [0.29, 0.717) is 35.2 Å². The number of benzene rings is 1. The van der Waals surface area contributed by atoms with Crippen molar-refractivity contribution in [3.8, 4) is 0 Å². The van der Waals surface area contributed by atoms with Gasteiger partial charge in [0.1, 0.15) is 5.76 Å². The molecule has 1 atom stereocenters. The number of hydrogen-bond donors (Lipinski definition) is 2. The zero-order valence-corrected chi connectivity index (χ0v) is 18.5. The average molecular weight is 447 g/mol. The minimum Gasteiger partial charge on any atom is -0.465 e. The largest absolute Gasteiger partial charge is 0.465 e. The second-order valence-corrected chi connectivity index (χ2v) is 7.77. The predicted molar refractivity (Wildman–Crippen MR) is 123 cm³/mol. The Balaban J connectivity index is 1.71. The van der Waals surface area contributed by atoms with Gasteiger partial charge in [-0.15, -0.1) is 0 Å². The first-order valence-corrected chi connectivity index (χ1v) is 10.9. The van der Waals surface area contributed by atoms with Gasteiger partial charge in [-0.2, -0.15) is 0 Å². The summed E-state index contributed by atoms with van der Waals surface area (Å²) in [5, 5.41) is 5.31. The maximum absolute atomic E-state index is 13.3. The third-order valence-corrected chi connectivity index (χ3v) is 5.46. The molecule has 1 aliphatic rings. The average Bonchev–Trinajstić information content (AvgIpc) is 3.31. The van der Waals surface area contributed by atoms with Gasteiger partial charge in [0.15, 0.2) is 6.10 Å². The van der Waals surface area contributed by atoms with E-state index in [1.54, 1.807) is 13.2 Å². The van der Waals surface area contributed by atoms with Crippen molar-refractivity contribution in [3.05, 3.63) is 65.2 Å². The Bertz CT molecular complexity index is 1230. The third kappa shape index (κ3) is 4.79. The number of ether oxygens (including phenoxy) is 1. The van der Waals surface area contributed by atoms with E-state index >= 15 is 0 Å². The van der Waals surface area contributed by atoms with E-state index in [1.807, 2.05) is 42.5 Å². The zero-order chi connectivity index (χ0) is 23.4. The fraction of sp³-hybridized carbons (Fsp3) is 0.280. The molecule has 0 aliphatic heterocycles. The first kappa shape index (κ1) is 22.3. The van der Waals surface area contributed by atoms with Crippen LogP contribution in [0.2, 0.25) is 0 Å². The number of nitrogens with zero attached hydrogens (tertiary/aromatic N) is 1. The standard InChI is InChI=1S/C25H25N3O5/c1-3-26-25(31)28-23(29)15(2)33-24(30)21-18-10-4-5-12-20(18)27-22-16(8-6-11-19(21)22)14-17-9-7-13-32-17/h4-5,7,9-10,12-15H,3,6,8,11H2,1-2H3,(H2,26,28,29,31)/b16-14+. The molecule has 0 spiro atoms. The van der Waals surface area contributed by atoms with E-state index in [2.05, 4.69) is 10.6 Å². The first-order chi connectivity index (χ1) is 16.0. The van der Waals surface area contributed by atoms with Gasteiger partial charge in [-0.05, 0) is 68.5 Å². The minimum atomic E-state index is -1.15. The number of aromatic nitrogens is 1. The second-order valence-electron chi connectivity index (χ2n) is 7.77. The highest BCUT2D eigenvalue weighted by atomic mass is 16.5. The van der Waals surface area contributed by atoms with Crippen molar-refractivity contribution in [2.45, 2.75) is 39.2 Å². The van der Waals surface area contributed by atoms with Gasteiger partial charge in [-0.25, -0.2) is 14.6 Å². The van der Waals surface area contributed by atoms with Crippen LogP contribution in [0.15, 0.2) is 47.1 Å². The molecule has 170 valence electrons. The van der Waals surface area contributed by atoms with E-state index in [0.717, 1.165) is 29.7 Å². The maximum atomic E-state index is 13.3. The van der Waals surface area contributed by atoms with Crippen LogP contribution >= 0.6 is 0 Å². The Morgan fingerprint density at radius 1 is 1.18 bits per heavy atom. The van der Waals surface area contributed by atoms with Crippen LogP contribution in [0.3, 0.4) is 0 Å². The number of esters is 1. The maximum Gasteiger partial charge on any atom is 0.339 e. The molecule has 1 unspecified atom stereocenters. The summed E-state index contributed by atoms with van der Waals surface area (Å²) in [4.78, 5) is 42.1. The smallest absolute Gasteiger partial charge is 0.339 e. The van der Waals surface area contributed by atoms with Crippen LogP contribution in [-0.2, 0) is 16.0 Å². The highest BCUT2D eigenvalue weighted by Gasteiger charge is 2.28. The summed E-state index contributed by atoms with van der Waals surface area (Å²) in [6, 6.07) is 10.4. The fourth-order valence-corrected chi connectivity index (χ4v) is 3.94. The molecule has 3 amide bonds. The number of carbonyl (C=O) groups excluding carboxylic acids is 3. The van der Waals surface area contributed by atoms with Gasteiger partial charge in [-0.1, -0.05) is 18.2 Å². The Kier molecular flexibility index (Phi) is 6.53. The lowest BCUT2D eigenvalue weighted by atomic mass is 9.86. The van der Waals surface area contributed by atoms with Gasteiger partial charge >= 0.3 is 12.0 Å². The van der Waals surface area contributed by atoms with Gasteiger partial charge in [0.2, 0.25) is 0 Å². The molecule has 2 aromatic heterocycles. The molecule has 1 aromatic carbocycles. The molecular formula is C25H25N3O5. The molecule has 0 fully saturated rings. The molecule has 1 aliphatic carbocycles. The van der Waals surface area contributed by atoms with Crippen molar-refractivity contribution in [3.63, 3.8) is 0 Å². The normalized spacial score (nSPS) is 15.0. The second kappa shape index (κ2) is 9.68. The van der Waals surface area contributed by atoms with Crippen LogP contribution < -0.4 is 10.6 Å². The predicted octanol–water partition coefficient (Wildman–Crippen LogP) is 4.10. The summed E-state index contributed by atoms with van der Waals surface area (Å²) >= 11 is 0. The molecule has 0 saturated heterocycles. The molecule has 33 heavy (non-hydrogen) atoms. The topological polar surface area (TPSA) is 111 Å². The van der Waals surface area contributed by atoms with Gasteiger partial charge in [-0.3, -0.25) is 10.1 Å². The minimum absolute atomic E-state index is 0.371. The lowest BCUT2D eigenvalue weighted by Gasteiger charge is -2.23.